The lowest BCUT2D eigenvalue weighted by Gasteiger charge is -1.98. The lowest BCUT2D eigenvalue weighted by Crippen LogP contribution is -2.17. The van der Waals surface area contributed by atoms with Crippen LogP contribution in [0, 0.1) is 11.8 Å². The summed E-state index contributed by atoms with van der Waals surface area (Å²) in [4.78, 5) is 11.3. The lowest BCUT2D eigenvalue weighted by molar-refractivity contribution is 0.0963. The van der Waals surface area contributed by atoms with E-state index in [1.54, 1.807) is 19.2 Å². The van der Waals surface area contributed by atoms with E-state index in [1.165, 1.54) is 6.42 Å². The van der Waals surface area contributed by atoms with Crippen LogP contribution in [0.25, 0.3) is 0 Å². The molecule has 16 heavy (non-hydrogen) atoms. The van der Waals surface area contributed by atoms with Crippen LogP contribution in [-0.4, -0.2) is 13.0 Å². The van der Waals surface area contributed by atoms with Gasteiger partial charge in [-0.25, -0.2) is 0 Å². The van der Waals surface area contributed by atoms with E-state index in [4.69, 9.17) is 0 Å². The third kappa shape index (κ3) is 3.78. The minimum atomic E-state index is -0.0644. The van der Waals surface area contributed by atoms with Gasteiger partial charge in [-0.3, -0.25) is 4.79 Å². The zero-order valence-corrected chi connectivity index (χ0v) is 9.84. The van der Waals surface area contributed by atoms with Crippen molar-refractivity contribution in [3.63, 3.8) is 0 Å². The molecule has 0 unspecified atom stereocenters. The largest absolute Gasteiger partial charge is 0.355 e. The lowest BCUT2D eigenvalue weighted by atomic mass is 10.1. The van der Waals surface area contributed by atoms with E-state index >= 15 is 0 Å². The van der Waals surface area contributed by atoms with Crippen molar-refractivity contribution in [3.05, 3.63) is 35.4 Å². The van der Waals surface area contributed by atoms with Crippen molar-refractivity contribution in [1.82, 2.24) is 5.32 Å². The van der Waals surface area contributed by atoms with Crippen LogP contribution < -0.4 is 5.32 Å². The van der Waals surface area contributed by atoms with Crippen LogP contribution in [0.2, 0.25) is 0 Å². The van der Waals surface area contributed by atoms with Gasteiger partial charge < -0.3 is 5.32 Å². The van der Waals surface area contributed by atoms with E-state index < -0.39 is 0 Å². The highest BCUT2D eigenvalue weighted by atomic mass is 16.1. The fourth-order valence-corrected chi connectivity index (χ4v) is 1.28. The summed E-state index contributed by atoms with van der Waals surface area (Å²) >= 11 is 0. The predicted octanol–water partition coefficient (Wildman–Crippen LogP) is 2.59. The molecule has 0 bridgehead atoms. The van der Waals surface area contributed by atoms with Crippen LogP contribution in [0.4, 0.5) is 0 Å². The van der Waals surface area contributed by atoms with Crippen molar-refractivity contribution in [2.24, 2.45) is 0 Å². The number of rotatable bonds is 3. The van der Waals surface area contributed by atoms with E-state index in [9.17, 15) is 4.79 Å². The van der Waals surface area contributed by atoms with Gasteiger partial charge in [-0.05, 0) is 30.7 Å². The molecule has 1 aromatic rings. The summed E-state index contributed by atoms with van der Waals surface area (Å²) < 4.78 is 0. The van der Waals surface area contributed by atoms with Crippen LogP contribution in [0.1, 0.15) is 42.1 Å². The van der Waals surface area contributed by atoms with E-state index in [0.29, 0.717) is 5.56 Å². The number of benzene rings is 1. The van der Waals surface area contributed by atoms with Crippen molar-refractivity contribution in [2.45, 2.75) is 26.2 Å². The van der Waals surface area contributed by atoms with Crippen LogP contribution in [0.5, 0.6) is 0 Å². The molecular weight excluding hydrogens is 198 g/mol. The normalized spacial score (nSPS) is 9.12. The molecule has 0 radical (unpaired) electrons. The molecule has 2 heteroatoms. The number of nitrogens with one attached hydrogen (secondary N) is 1. The molecule has 0 saturated heterocycles. The van der Waals surface area contributed by atoms with Gasteiger partial charge in [0.25, 0.3) is 5.91 Å². The fourth-order valence-electron chi connectivity index (χ4n) is 1.28. The third-order valence-corrected chi connectivity index (χ3v) is 2.26. The first-order valence-electron chi connectivity index (χ1n) is 5.59. The van der Waals surface area contributed by atoms with E-state index in [-0.39, 0.29) is 5.91 Å². The van der Waals surface area contributed by atoms with E-state index in [0.717, 1.165) is 18.4 Å². The molecule has 1 rings (SSSR count). The molecule has 0 aliphatic heterocycles. The molecule has 1 amide bonds. The number of carbonyl (C=O) groups is 1. The summed E-state index contributed by atoms with van der Waals surface area (Å²) in [5.74, 6) is 6.13. The average molecular weight is 215 g/mol. The maximum Gasteiger partial charge on any atom is 0.251 e. The summed E-state index contributed by atoms with van der Waals surface area (Å²) in [6.45, 7) is 2.15. The Labute approximate surface area is 97.1 Å². The minimum absolute atomic E-state index is 0.0644. The van der Waals surface area contributed by atoms with Gasteiger partial charge in [-0.15, -0.1) is 0 Å². The van der Waals surface area contributed by atoms with Crippen molar-refractivity contribution >= 4 is 5.91 Å². The van der Waals surface area contributed by atoms with Gasteiger partial charge in [-0.2, -0.15) is 0 Å². The molecular formula is C14H17NO. The zero-order valence-electron chi connectivity index (χ0n) is 9.84. The van der Waals surface area contributed by atoms with Crippen LogP contribution in [0.15, 0.2) is 24.3 Å². The Morgan fingerprint density at radius 3 is 2.56 bits per heavy atom. The highest BCUT2D eigenvalue weighted by molar-refractivity contribution is 5.94. The van der Waals surface area contributed by atoms with Crippen molar-refractivity contribution in [3.8, 4) is 11.8 Å². The van der Waals surface area contributed by atoms with E-state index in [2.05, 4.69) is 24.1 Å². The Kier molecular flexibility index (Phi) is 5.15. The smallest absolute Gasteiger partial charge is 0.251 e. The first-order valence-corrected chi connectivity index (χ1v) is 5.59. The maximum absolute atomic E-state index is 11.3. The van der Waals surface area contributed by atoms with Gasteiger partial charge in [0, 0.05) is 24.6 Å². The molecule has 0 aromatic heterocycles. The topological polar surface area (TPSA) is 29.1 Å². The quantitative estimate of drug-likeness (QED) is 0.609. The molecule has 0 saturated carbocycles. The first kappa shape index (κ1) is 12.3. The second-order valence-corrected chi connectivity index (χ2v) is 3.56. The maximum atomic E-state index is 11.3. The molecule has 1 aromatic carbocycles. The SMILES string of the molecule is CCCCC#Cc1ccc(C(=O)NC)cc1. The fraction of sp³-hybridized carbons (Fsp3) is 0.357. The number of unbranched alkanes of at least 4 members (excludes halogenated alkanes) is 2. The second-order valence-electron chi connectivity index (χ2n) is 3.56. The molecule has 0 aliphatic carbocycles. The molecule has 2 nitrogen and oxygen atoms in total. The standard InChI is InChI=1S/C14H17NO/c1-3-4-5-6-7-12-8-10-13(11-9-12)14(16)15-2/h8-11H,3-5H2,1-2H3,(H,15,16). The van der Waals surface area contributed by atoms with Gasteiger partial charge >= 0.3 is 0 Å². The van der Waals surface area contributed by atoms with Gasteiger partial charge in [0.1, 0.15) is 0 Å². The van der Waals surface area contributed by atoms with Gasteiger partial charge in [0.05, 0.1) is 0 Å². The van der Waals surface area contributed by atoms with Gasteiger partial charge in [0.2, 0.25) is 0 Å². The summed E-state index contributed by atoms with van der Waals surface area (Å²) in [7, 11) is 1.63. The molecule has 0 heterocycles. The summed E-state index contributed by atoms with van der Waals surface area (Å²) in [6, 6.07) is 7.35. The second kappa shape index (κ2) is 6.68. The Hall–Kier alpha value is -1.75. The van der Waals surface area contributed by atoms with Gasteiger partial charge in [-0.1, -0.05) is 25.2 Å². The van der Waals surface area contributed by atoms with Crippen molar-refractivity contribution < 1.29 is 4.79 Å². The number of hydrogen-bond acceptors (Lipinski definition) is 1. The number of carbonyl (C=O) groups excluding carboxylic acids is 1. The Bertz CT molecular complexity index is 395. The summed E-state index contributed by atoms with van der Waals surface area (Å²) in [5.41, 5.74) is 1.63. The Morgan fingerprint density at radius 1 is 1.31 bits per heavy atom. The van der Waals surface area contributed by atoms with Crippen LogP contribution >= 0.6 is 0 Å². The summed E-state index contributed by atoms with van der Waals surface area (Å²) in [6.07, 6.45) is 3.25. The highest BCUT2D eigenvalue weighted by Crippen LogP contribution is 2.03. The van der Waals surface area contributed by atoms with Crippen LogP contribution in [0.3, 0.4) is 0 Å². The third-order valence-electron chi connectivity index (χ3n) is 2.26. The predicted molar refractivity (Wildman–Crippen MR) is 66.2 cm³/mol. The number of hydrogen-bond donors (Lipinski definition) is 1. The minimum Gasteiger partial charge on any atom is -0.355 e. The first-order chi connectivity index (χ1) is 7.77. The van der Waals surface area contributed by atoms with E-state index in [1.807, 2.05) is 12.1 Å². The highest BCUT2D eigenvalue weighted by Gasteiger charge is 2.00. The number of amides is 1. The molecule has 0 atom stereocenters. The van der Waals surface area contributed by atoms with Crippen molar-refractivity contribution in [2.75, 3.05) is 7.05 Å². The molecule has 0 spiro atoms. The average Bonchev–Trinajstić information content (AvgIpc) is 2.34. The van der Waals surface area contributed by atoms with Crippen LogP contribution in [-0.2, 0) is 0 Å². The molecule has 84 valence electrons. The van der Waals surface area contributed by atoms with Gasteiger partial charge in [0.15, 0.2) is 0 Å². The zero-order chi connectivity index (χ0) is 11.8. The Morgan fingerprint density at radius 2 is 2.00 bits per heavy atom. The Balaban J connectivity index is 2.63. The molecule has 0 fully saturated rings. The monoisotopic (exact) mass is 215 g/mol. The summed E-state index contributed by atoms with van der Waals surface area (Å²) in [5, 5.41) is 2.59. The molecule has 0 aliphatic rings. The molecule has 1 N–H and O–H groups in total. The van der Waals surface area contributed by atoms with Crippen molar-refractivity contribution in [1.29, 1.82) is 0 Å².